The molecule has 2 aromatic carbocycles. The number of alkyl halides is 2. The third kappa shape index (κ3) is 5.34. The number of nitrogens with one attached hydrogen (secondary N) is 1. The first kappa shape index (κ1) is 20.8. The highest BCUT2D eigenvalue weighted by atomic mass is 19.3. The summed E-state index contributed by atoms with van der Waals surface area (Å²) in [6, 6.07) is 9.48. The van der Waals surface area contributed by atoms with E-state index in [1.54, 1.807) is 24.0 Å². The van der Waals surface area contributed by atoms with Gasteiger partial charge in [-0.3, -0.25) is 0 Å². The maximum Gasteiger partial charge on any atom is 0.387 e. The molecule has 156 valence electrons. The van der Waals surface area contributed by atoms with Gasteiger partial charge in [0.15, 0.2) is 0 Å². The Kier molecular flexibility index (Phi) is 6.51. The number of halogens is 3. The molecule has 0 bridgehead atoms. The van der Waals surface area contributed by atoms with Gasteiger partial charge in [-0.25, -0.2) is 9.18 Å². The van der Waals surface area contributed by atoms with Crippen molar-refractivity contribution in [3.63, 3.8) is 0 Å². The maximum atomic E-state index is 13.4. The topological polar surface area (TPSA) is 61.8 Å². The molecule has 3 rings (SSSR count). The second-order valence-electron chi connectivity index (χ2n) is 7.08. The predicted molar refractivity (Wildman–Crippen MR) is 102 cm³/mol. The lowest BCUT2D eigenvalue weighted by atomic mass is 9.89. The zero-order valence-electron chi connectivity index (χ0n) is 15.9. The number of rotatable bonds is 5. The summed E-state index contributed by atoms with van der Waals surface area (Å²) < 4.78 is 43.0. The Morgan fingerprint density at radius 2 is 1.83 bits per heavy atom. The highest BCUT2D eigenvalue weighted by Crippen LogP contribution is 2.30. The number of piperidine rings is 1. The Hall–Kier alpha value is -2.90. The van der Waals surface area contributed by atoms with E-state index in [1.807, 2.05) is 12.1 Å². The Bertz CT molecular complexity index is 838. The molecule has 1 aliphatic heterocycles. The standard InChI is InChI=1S/C21H23F3N2O3/c1-13(18-7-4-16(22)12-19(18)29-20(23)24)25-21(28)26-10-8-15(9-11-26)14-2-5-17(27)6-3-14/h2-7,12-13,15,20,27H,8-11H2,1H3,(H,25,28)/t13-/m1/s1. The molecule has 1 saturated heterocycles. The lowest BCUT2D eigenvalue weighted by Gasteiger charge is -2.33. The van der Waals surface area contributed by atoms with Crippen LogP contribution < -0.4 is 10.1 Å². The van der Waals surface area contributed by atoms with E-state index in [0.717, 1.165) is 30.5 Å². The Balaban J connectivity index is 1.59. The van der Waals surface area contributed by atoms with Crippen molar-refractivity contribution in [2.24, 2.45) is 0 Å². The molecule has 8 heteroatoms. The first-order chi connectivity index (χ1) is 13.8. The van der Waals surface area contributed by atoms with Crippen molar-refractivity contribution in [1.82, 2.24) is 10.2 Å². The van der Waals surface area contributed by atoms with Gasteiger partial charge in [-0.15, -0.1) is 0 Å². The van der Waals surface area contributed by atoms with Crippen LogP contribution in [0.1, 0.15) is 42.9 Å². The van der Waals surface area contributed by atoms with Crippen LogP contribution in [0.5, 0.6) is 11.5 Å². The maximum absolute atomic E-state index is 13.4. The molecule has 0 spiro atoms. The molecule has 2 amide bonds. The number of hydrogen-bond acceptors (Lipinski definition) is 3. The van der Waals surface area contributed by atoms with Gasteiger partial charge in [0.25, 0.3) is 0 Å². The molecule has 0 unspecified atom stereocenters. The van der Waals surface area contributed by atoms with Gasteiger partial charge in [-0.1, -0.05) is 18.2 Å². The summed E-state index contributed by atoms with van der Waals surface area (Å²) >= 11 is 0. The van der Waals surface area contributed by atoms with Crippen molar-refractivity contribution in [1.29, 1.82) is 0 Å². The normalized spacial score (nSPS) is 16.0. The molecule has 1 fully saturated rings. The smallest absolute Gasteiger partial charge is 0.387 e. The molecular formula is C21H23F3N2O3. The van der Waals surface area contributed by atoms with Crippen molar-refractivity contribution in [3.8, 4) is 11.5 Å². The molecule has 0 aromatic heterocycles. The van der Waals surface area contributed by atoms with Crippen molar-refractivity contribution < 1.29 is 27.8 Å². The van der Waals surface area contributed by atoms with Crippen LogP contribution in [0.2, 0.25) is 0 Å². The van der Waals surface area contributed by atoms with Crippen LogP contribution in [0.3, 0.4) is 0 Å². The van der Waals surface area contributed by atoms with E-state index in [1.165, 1.54) is 6.07 Å². The number of nitrogens with zero attached hydrogens (tertiary/aromatic N) is 1. The van der Waals surface area contributed by atoms with Gasteiger partial charge in [0.2, 0.25) is 0 Å². The predicted octanol–water partition coefficient (Wildman–Crippen LogP) is 4.78. The van der Waals surface area contributed by atoms with Crippen LogP contribution in [-0.2, 0) is 0 Å². The molecule has 0 aliphatic carbocycles. The summed E-state index contributed by atoms with van der Waals surface area (Å²) in [5, 5.41) is 12.2. The van der Waals surface area contributed by atoms with E-state index in [2.05, 4.69) is 10.1 Å². The molecule has 29 heavy (non-hydrogen) atoms. The number of urea groups is 1. The van der Waals surface area contributed by atoms with Gasteiger partial charge in [0, 0.05) is 24.7 Å². The summed E-state index contributed by atoms with van der Waals surface area (Å²) in [5.74, 6) is -0.464. The third-order valence-corrected chi connectivity index (χ3v) is 5.14. The molecule has 1 atom stereocenters. The van der Waals surface area contributed by atoms with Crippen LogP contribution >= 0.6 is 0 Å². The quantitative estimate of drug-likeness (QED) is 0.748. The zero-order valence-corrected chi connectivity index (χ0v) is 15.9. The van der Waals surface area contributed by atoms with Gasteiger partial charge in [-0.05, 0) is 49.4 Å². The molecule has 1 heterocycles. The largest absolute Gasteiger partial charge is 0.508 e. The van der Waals surface area contributed by atoms with Crippen molar-refractivity contribution in [3.05, 3.63) is 59.4 Å². The fraction of sp³-hybridized carbons (Fsp3) is 0.381. The summed E-state index contributed by atoms with van der Waals surface area (Å²) in [5.41, 5.74) is 1.40. The van der Waals surface area contributed by atoms with Crippen LogP contribution in [0.25, 0.3) is 0 Å². The third-order valence-electron chi connectivity index (χ3n) is 5.14. The summed E-state index contributed by atoms with van der Waals surface area (Å²) in [6.45, 7) is -0.355. The number of hydrogen-bond donors (Lipinski definition) is 2. The lowest BCUT2D eigenvalue weighted by Crippen LogP contribution is -2.44. The number of benzene rings is 2. The van der Waals surface area contributed by atoms with Crippen LogP contribution in [0.15, 0.2) is 42.5 Å². The van der Waals surface area contributed by atoms with E-state index in [9.17, 15) is 23.1 Å². The first-order valence-electron chi connectivity index (χ1n) is 9.42. The van der Waals surface area contributed by atoms with E-state index >= 15 is 0 Å². The van der Waals surface area contributed by atoms with Gasteiger partial charge >= 0.3 is 12.6 Å². The van der Waals surface area contributed by atoms with Crippen molar-refractivity contribution >= 4 is 6.03 Å². The Morgan fingerprint density at radius 1 is 1.17 bits per heavy atom. The van der Waals surface area contributed by atoms with Crippen molar-refractivity contribution in [2.45, 2.75) is 38.3 Å². The van der Waals surface area contributed by atoms with E-state index < -0.39 is 18.5 Å². The average Bonchev–Trinajstić information content (AvgIpc) is 2.68. The number of amides is 2. The molecule has 2 N–H and O–H groups in total. The number of phenols is 1. The van der Waals surface area contributed by atoms with Crippen molar-refractivity contribution in [2.75, 3.05) is 13.1 Å². The van der Waals surface area contributed by atoms with Gasteiger partial charge in [0.05, 0.1) is 6.04 Å². The minimum Gasteiger partial charge on any atom is -0.508 e. The fourth-order valence-corrected chi connectivity index (χ4v) is 3.58. The monoisotopic (exact) mass is 408 g/mol. The molecule has 0 radical (unpaired) electrons. The number of phenolic OH excluding ortho intramolecular Hbond substituents is 1. The summed E-state index contributed by atoms with van der Waals surface area (Å²) in [6.07, 6.45) is 1.56. The van der Waals surface area contributed by atoms with Crippen LogP contribution in [0.4, 0.5) is 18.0 Å². The lowest BCUT2D eigenvalue weighted by molar-refractivity contribution is -0.0507. The van der Waals surface area contributed by atoms with E-state index in [0.29, 0.717) is 19.0 Å². The van der Waals surface area contributed by atoms with Crippen LogP contribution in [-0.4, -0.2) is 35.7 Å². The second-order valence-corrected chi connectivity index (χ2v) is 7.08. The average molecular weight is 408 g/mol. The van der Waals surface area contributed by atoms with Gasteiger partial charge in [0.1, 0.15) is 17.3 Å². The zero-order chi connectivity index (χ0) is 21.0. The SMILES string of the molecule is C[C@@H](NC(=O)N1CCC(c2ccc(O)cc2)CC1)c1ccc(F)cc1OC(F)F. The molecule has 5 nitrogen and oxygen atoms in total. The summed E-state index contributed by atoms with van der Waals surface area (Å²) in [4.78, 5) is 14.3. The minimum atomic E-state index is -3.09. The molecule has 0 saturated carbocycles. The van der Waals surface area contributed by atoms with E-state index in [-0.39, 0.29) is 23.1 Å². The highest BCUT2D eigenvalue weighted by molar-refractivity contribution is 5.75. The number of likely N-dealkylation sites (tertiary alicyclic amines) is 1. The highest BCUT2D eigenvalue weighted by Gasteiger charge is 2.25. The van der Waals surface area contributed by atoms with Gasteiger partial charge in [-0.2, -0.15) is 8.78 Å². The summed E-state index contributed by atoms with van der Waals surface area (Å²) in [7, 11) is 0. The van der Waals surface area contributed by atoms with Gasteiger partial charge < -0.3 is 20.1 Å². The Labute approximate surface area is 167 Å². The molecule has 1 aliphatic rings. The van der Waals surface area contributed by atoms with Crippen LogP contribution in [0, 0.1) is 5.82 Å². The number of aromatic hydroxyl groups is 1. The molecule has 2 aromatic rings. The minimum absolute atomic E-state index is 0.218. The molecular weight excluding hydrogens is 385 g/mol. The number of ether oxygens (including phenoxy) is 1. The second kappa shape index (κ2) is 9.07. The number of carbonyl (C=O) groups excluding carboxylic acids is 1. The Morgan fingerprint density at radius 3 is 2.45 bits per heavy atom. The fourth-order valence-electron chi connectivity index (χ4n) is 3.58. The number of carbonyl (C=O) groups is 1. The first-order valence-corrected chi connectivity index (χ1v) is 9.42. The van der Waals surface area contributed by atoms with E-state index in [4.69, 9.17) is 0 Å².